The summed E-state index contributed by atoms with van der Waals surface area (Å²) in [7, 11) is 1.85. The Morgan fingerprint density at radius 3 is 2.54 bits per heavy atom. The fraction of sp³-hybridized carbons (Fsp3) is 0.778. The van der Waals surface area contributed by atoms with E-state index >= 15 is 0 Å². The van der Waals surface area contributed by atoms with Crippen LogP contribution in [-0.2, 0) is 6.54 Å². The van der Waals surface area contributed by atoms with Crippen molar-refractivity contribution in [3.8, 4) is 0 Å². The van der Waals surface area contributed by atoms with Crippen molar-refractivity contribution in [1.29, 1.82) is 0 Å². The molecule has 1 atom stereocenters. The maximum Gasteiger partial charge on any atom is 0.191 e. The van der Waals surface area contributed by atoms with Crippen LogP contribution in [0.1, 0.15) is 50.9 Å². The molecule has 138 valence electrons. The Balaban J connectivity index is 0.00000288. The Morgan fingerprint density at radius 2 is 2.08 bits per heavy atom. The SMILES string of the molecule is CCC1(CNC(=NC)NCC(C)Cn2nc(C)cc2C)CCC1.I. The highest BCUT2D eigenvalue weighted by molar-refractivity contribution is 14.0. The van der Waals surface area contributed by atoms with Crippen LogP contribution in [0.25, 0.3) is 0 Å². The summed E-state index contributed by atoms with van der Waals surface area (Å²) in [4.78, 5) is 4.36. The number of aliphatic imine (C=N–C) groups is 1. The highest BCUT2D eigenvalue weighted by Crippen LogP contribution is 2.42. The molecule has 0 spiro atoms. The van der Waals surface area contributed by atoms with E-state index in [0.29, 0.717) is 11.3 Å². The lowest BCUT2D eigenvalue weighted by atomic mass is 9.67. The van der Waals surface area contributed by atoms with Gasteiger partial charge < -0.3 is 10.6 Å². The van der Waals surface area contributed by atoms with E-state index in [-0.39, 0.29) is 24.0 Å². The van der Waals surface area contributed by atoms with Gasteiger partial charge in [-0.15, -0.1) is 24.0 Å². The van der Waals surface area contributed by atoms with Crippen molar-refractivity contribution in [3.05, 3.63) is 17.5 Å². The summed E-state index contributed by atoms with van der Waals surface area (Å²) in [6.07, 6.45) is 5.33. The van der Waals surface area contributed by atoms with E-state index in [0.717, 1.165) is 31.3 Å². The lowest BCUT2D eigenvalue weighted by Crippen LogP contribution is -2.47. The highest BCUT2D eigenvalue weighted by atomic mass is 127. The number of halogens is 1. The molecule has 5 nitrogen and oxygen atoms in total. The summed E-state index contributed by atoms with van der Waals surface area (Å²) in [6, 6.07) is 2.13. The topological polar surface area (TPSA) is 54.2 Å². The van der Waals surface area contributed by atoms with Crippen LogP contribution in [0.4, 0.5) is 0 Å². The number of hydrogen-bond acceptors (Lipinski definition) is 2. The number of rotatable bonds is 7. The molecule has 6 heteroatoms. The van der Waals surface area contributed by atoms with Gasteiger partial charge in [-0.3, -0.25) is 9.67 Å². The van der Waals surface area contributed by atoms with Crippen LogP contribution in [0, 0.1) is 25.2 Å². The van der Waals surface area contributed by atoms with Crippen LogP contribution in [0.2, 0.25) is 0 Å². The summed E-state index contributed by atoms with van der Waals surface area (Å²) in [6.45, 7) is 11.6. The predicted molar refractivity (Wildman–Crippen MR) is 112 cm³/mol. The van der Waals surface area contributed by atoms with Crippen LogP contribution in [0.3, 0.4) is 0 Å². The van der Waals surface area contributed by atoms with Crippen molar-refractivity contribution >= 4 is 29.9 Å². The molecule has 1 aromatic rings. The summed E-state index contributed by atoms with van der Waals surface area (Å²) in [5.74, 6) is 1.42. The van der Waals surface area contributed by atoms with Gasteiger partial charge in [0, 0.05) is 32.4 Å². The third-order valence-electron chi connectivity index (χ3n) is 5.22. The van der Waals surface area contributed by atoms with Gasteiger partial charge in [-0.2, -0.15) is 5.10 Å². The maximum atomic E-state index is 4.54. The van der Waals surface area contributed by atoms with Crippen molar-refractivity contribution in [1.82, 2.24) is 20.4 Å². The fourth-order valence-electron chi connectivity index (χ4n) is 3.31. The molecule has 2 N–H and O–H groups in total. The minimum atomic E-state index is 0. The zero-order valence-electron chi connectivity index (χ0n) is 15.9. The lowest BCUT2D eigenvalue weighted by Gasteiger charge is -2.41. The molecular weight excluding hydrogens is 413 g/mol. The fourth-order valence-corrected chi connectivity index (χ4v) is 3.31. The van der Waals surface area contributed by atoms with E-state index in [1.807, 2.05) is 14.0 Å². The lowest BCUT2D eigenvalue weighted by molar-refractivity contribution is 0.131. The summed E-state index contributed by atoms with van der Waals surface area (Å²) < 4.78 is 2.10. The first kappa shape index (κ1) is 21.3. The molecule has 0 saturated heterocycles. The van der Waals surface area contributed by atoms with E-state index in [2.05, 4.69) is 52.2 Å². The first-order chi connectivity index (χ1) is 11.0. The van der Waals surface area contributed by atoms with Gasteiger partial charge in [-0.1, -0.05) is 20.3 Å². The third kappa shape index (κ3) is 5.63. The molecule has 0 aromatic carbocycles. The molecule has 1 aromatic heterocycles. The van der Waals surface area contributed by atoms with Crippen molar-refractivity contribution in [2.45, 2.75) is 59.9 Å². The molecule has 1 saturated carbocycles. The molecule has 1 aliphatic carbocycles. The zero-order chi connectivity index (χ0) is 16.9. The Morgan fingerprint density at radius 1 is 1.38 bits per heavy atom. The molecule has 0 radical (unpaired) electrons. The molecule has 1 unspecified atom stereocenters. The first-order valence-electron chi connectivity index (χ1n) is 8.93. The van der Waals surface area contributed by atoms with Crippen molar-refractivity contribution < 1.29 is 0 Å². The van der Waals surface area contributed by atoms with E-state index < -0.39 is 0 Å². The summed E-state index contributed by atoms with van der Waals surface area (Å²) in [5, 5.41) is 11.5. The van der Waals surface area contributed by atoms with Gasteiger partial charge in [0.15, 0.2) is 5.96 Å². The summed E-state index contributed by atoms with van der Waals surface area (Å²) >= 11 is 0. The molecule has 1 fully saturated rings. The Bertz CT molecular complexity index is 528. The molecule has 0 aliphatic heterocycles. The smallest absolute Gasteiger partial charge is 0.191 e. The van der Waals surface area contributed by atoms with Crippen LogP contribution in [0.5, 0.6) is 0 Å². The van der Waals surface area contributed by atoms with Crippen LogP contribution >= 0.6 is 24.0 Å². The van der Waals surface area contributed by atoms with Gasteiger partial charge in [-0.25, -0.2) is 0 Å². The van der Waals surface area contributed by atoms with Gasteiger partial charge in [0.25, 0.3) is 0 Å². The Labute approximate surface area is 164 Å². The number of aryl methyl sites for hydroxylation is 2. The van der Waals surface area contributed by atoms with Gasteiger partial charge in [0.05, 0.1) is 5.69 Å². The van der Waals surface area contributed by atoms with Crippen LogP contribution < -0.4 is 10.6 Å². The van der Waals surface area contributed by atoms with E-state index in [4.69, 9.17) is 0 Å². The maximum absolute atomic E-state index is 4.54. The normalized spacial score (nSPS) is 17.6. The first-order valence-corrected chi connectivity index (χ1v) is 8.93. The van der Waals surface area contributed by atoms with Crippen molar-refractivity contribution in [2.75, 3.05) is 20.1 Å². The number of nitrogens with one attached hydrogen (secondary N) is 2. The zero-order valence-corrected chi connectivity index (χ0v) is 18.2. The number of hydrogen-bond donors (Lipinski definition) is 2. The molecular formula is C18H34IN5. The van der Waals surface area contributed by atoms with Crippen molar-refractivity contribution in [2.24, 2.45) is 16.3 Å². The Kier molecular flexibility index (Phi) is 8.53. The Hall–Kier alpha value is -0.790. The van der Waals surface area contributed by atoms with Gasteiger partial charge >= 0.3 is 0 Å². The minimum absolute atomic E-state index is 0. The largest absolute Gasteiger partial charge is 0.356 e. The second kappa shape index (κ2) is 9.63. The summed E-state index contributed by atoms with van der Waals surface area (Å²) in [5.41, 5.74) is 2.82. The number of nitrogens with zero attached hydrogens (tertiary/aromatic N) is 3. The number of guanidine groups is 1. The number of aromatic nitrogens is 2. The highest BCUT2D eigenvalue weighted by Gasteiger charge is 2.34. The second-order valence-electron chi connectivity index (χ2n) is 7.23. The predicted octanol–water partition coefficient (Wildman–Crippen LogP) is 3.50. The molecule has 0 amide bonds. The standard InChI is InChI=1S/C18H33N5.HI/c1-6-18(8-7-9-18)13-21-17(19-5)20-11-14(2)12-23-16(4)10-15(3)22-23;/h10,14H,6-9,11-13H2,1-5H3,(H2,19,20,21);1H. The molecule has 24 heavy (non-hydrogen) atoms. The van der Waals surface area contributed by atoms with Crippen LogP contribution in [-0.4, -0.2) is 35.9 Å². The van der Waals surface area contributed by atoms with Crippen molar-refractivity contribution in [3.63, 3.8) is 0 Å². The van der Waals surface area contributed by atoms with Gasteiger partial charge in [-0.05, 0) is 50.5 Å². The minimum Gasteiger partial charge on any atom is -0.356 e. The average molecular weight is 447 g/mol. The second-order valence-corrected chi connectivity index (χ2v) is 7.23. The van der Waals surface area contributed by atoms with E-state index in [1.165, 1.54) is 31.4 Å². The quantitative estimate of drug-likeness (QED) is 0.382. The van der Waals surface area contributed by atoms with Gasteiger partial charge in [0.2, 0.25) is 0 Å². The molecule has 0 bridgehead atoms. The third-order valence-corrected chi connectivity index (χ3v) is 5.22. The molecule has 1 aliphatic rings. The monoisotopic (exact) mass is 447 g/mol. The molecule has 2 rings (SSSR count). The molecule has 1 heterocycles. The van der Waals surface area contributed by atoms with E-state index in [9.17, 15) is 0 Å². The van der Waals surface area contributed by atoms with Gasteiger partial charge in [0.1, 0.15) is 0 Å². The average Bonchev–Trinajstić information content (AvgIpc) is 2.79. The van der Waals surface area contributed by atoms with Crippen LogP contribution in [0.15, 0.2) is 11.1 Å². The van der Waals surface area contributed by atoms with E-state index in [1.54, 1.807) is 0 Å².